The second-order valence-electron chi connectivity index (χ2n) is 8.42. The van der Waals surface area contributed by atoms with Crippen LogP contribution in [0, 0.1) is 5.41 Å². The summed E-state index contributed by atoms with van der Waals surface area (Å²) in [7, 11) is 1.62. The number of amides is 1. The SMILES string of the molecule is COc1cc(CN(Cc2ccccc2)C(=O)C(C)(C)CCl)ccc1OCc1ccccc1. The van der Waals surface area contributed by atoms with Crippen molar-refractivity contribution in [1.82, 2.24) is 4.90 Å². The average Bonchev–Trinajstić information content (AvgIpc) is 2.83. The lowest BCUT2D eigenvalue weighted by Crippen LogP contribution is -2.41. The minimum absolute atomic E-state index is 0.0136. The van der Waals surface area contributed by atoms with Gasteiger partial charge in [-0.1, -0.05) is 66.7 Å². The third-order valence-electron chi connectivity index (χ3n) is 5.26. The average molecular weight is 452 g/mol. The predicted molar refractivity (Wildman–Crippen MR) is 129 cm³/mol. The van der Waals surface area contributed by atoms with Gasteiger partial charge in [0.1, 0.15) is 6.61 Å². The van der Waals surface area contributed by atoms with Gasteiger partial charge < -0.3 is 14.4 Å². The number of rotatable bonds is 10. The van der Waals surface area contributed by atoms with Crippen molar-refractivity contribution in [1.29, 1.82) is 0 Å². The van der Waals surface area contributed by atoms with Crippen LogP contribution < -0.4 is 9.47 Å². The molecular weight excluding hydrogens is 422 g/mol. The molecule has 0 aromatic heterocycles. The van der Waals surface area contributed by atoms with E-state index in [9.17, 15) is 4.79 Å². The van der Waals surface area contributed by atoms with Gasteiger partial charge in [0.15, 0.2) is 11.5 Å². The van der Waals surface area contributed by atoms with Crippen molar-refractivity contribution in [3.63, 3.8) is 0 Å². The number of alkyl halides is 1. The Morgan fingerprint density at radius 2 is 1.44 bits per heavy atom. The fourth-order valence-electron chi connectivity index (χ4n) is 3.37. The molecule has 0 spiro atoms. The lowest BCUT2D eigenvalue weighted by atomic mass is 9.93. The lowest BCUT2D eigenvalue weighted by Gasteiger charge is -2.31. The Morgan fingerprint density at radius 1 is 0.844 bits per heavy atom. The Bertz CT molecular complexity index is 1010. The maximum Gasteiger partial charge on any atom is 0.230 e. The quantitative estimate of drug-likeness (QED) is 0.351. The minimum Gasteiger partial charge on any atom is -0.493 e. The van der Waals surface area contributed by atoms with Gasteiger partial charge in [-0.15, -0.1) is 11.6 Å². The standard InChI is InChI=1S/C27H30ClNO3/c1-27(2,20-28)26(30)29(17-21-10-6-4-7-11-21)18-23-14-15-24(25(16-23)31-3)32-19-22-12-8-5-9-13-22/h4-16H,17-20H2,1-3H3. The maximum absolute atomic E-state index is 13.3. The molecule has 0 aliphatic rings. The van der Waals surface area contributed by atoms with Gasteiger partial charge in [-0.3, -0.25) is 4.79 Å². The van der Waals surface area contributed by atoms with E-state index in [0.29, 0.717) is 31.2 Å². The van der Waals surface area contributed by atoms with E-state index in [1.165, 1.54) is 0 Å². The molecule has 3 rings (SSSR count). The molecule has 5 heteroatoms. The van der Waals surface area contributed by atoms with Crippen molar-refractivity contribution in [3.8, 4) is 11.5 Å². The smallest absolute Gasteiger partial charge is 0.230 e. The first-order chi connectivity index (χ1) is 15.4. The third kappa shape index (κ3) is 6.27. The highest BCUT2D eigenvalue weighted by atomic mass is 35.5. The van der Waals surface area contributed by atoms with Crippen LogP contribution in [-0.2, 0) is 24.5 Å². The van der Waals surface area contributed by atoms with E-state index in [4.69, 9.17) is 21.1 Å². The first-order valence-corrected chi connectivity index (χ1v) is 11.2. The zero-order valence-electron chi connectivity index (χ0n) is 18.9. The number of hydrogen-bond donors (Lipinski definition) is 0. The van der Waals surface area contributed by atoms with E-state index < -0.39 is 5.41 Å². The molecule has 0 bridgehead atoms. The molecule has 3 aromatic rings. The van der Waals surface area contributed by atoms with Gasteiger partial charge in [-0.05, 0) is 42.7 Å². The van der Waals surface area contributed by atoms with Gasteiger partial charge >= 0.3 is 0 Å². The molecule has 0 unspecified atom stereocenters. The number of ether oxygens (including phenoxy) is 2. The molecule has 0 aliphatic heterocycles. The normalized spacial score (nSPS) is 11.1. The summed E-state index contributed by atoms with van der Waals surface area (Å²) in [6, 6.07) is 25.8. The Labute approximate surface area is 195 Å². The summed E-state index contributed by atoms with van der Waals surface area (Å²) in [5.41, 5.74) is 2.46. The van der Waals surface area contributed by atoms with Crippen LogP contribution >= 0.6 is 11.6 Å². The van der Waals surface area contributed by atoms with Crippen molar-refractivity contribution < 1.29 is 14.3 Å². The predicted octanol–water partition coefficient (Wildman–Crippen LogP) is 6.07. The number of benzene rings is 3. The summed E-state index contributed by atoms with van der Waals surface area (Å²) in [6.45, 7) is 5.17. The number of halogens is 1. The van der Waals surface area contributed by atoms with Gasteiger partial charge in [-0.2, -0.15) is 0 Å². The lowest BCUT2D eigenvalue weighted by molar-refractivity contribution is -0.140. The third-order valence-corrected chi connectivity index (χ3v) is 5.92. The van der Waals surface area contributed by atoms with E-state index in [1.807, 2.05) is 97.6 Å². The fraction of sp³-hybridized carbons (Fsp3) is 0.296. The highest BCUT2D eigenvalue weighted by Gasteiger charge is 2.31. The van der Waals surface area contributed by atoms with Gasteiger partial charge in [-0.25, -0.2) is 0 Å². The van der Waals surface area contributed by atoms with E-state index in [2.05, 4.69) is 0 Å². The summed E-state index contributed by atoms with van der Waals surface area (Å²) in [6.07, 6.45) is 0. The Kier molecular flexibility index (Phi) is 8.18. The molecular formula is C27H30ClNO3. The van der Waals surface area contributed by atoms with Crippen LogP contribution in [0.1, 0.15) is 30.5 Å². The first-order valence-electron chi connectivity index (χ1n) is 10.7. The van der Waals surface area contributed by atoms with Crippen LogP contribution in [0.5, 0.6) is 11.5 Å². The van der Waals surface area contributed by atoms with Crippen molar-refractivity contribution in [2.75, 3.05) is 13.0 Å². The Morgan fingerprint density at radius 3 is 2.03 bits per heavy atom. The van der Waals surface area contributed by atoms with Crippen LogP contribution in [0.15, 0.2) is 78.9 Å². The summed E-state index contributed by atoms with van der Waals surface area (Å²) >= 11 is 6.11. The molecule has 0 saturated heterocycles. The fourth-order valence-corrected chi connectivity index (χ4v) is 3.49. The molecule has 3 aromatic carbocycles. The molecule has 0 atom stereocenters. The van der Waals surface area contributed by atoms with Crippen molar-refractivity contribution in [2.24, 2.45) is 5.41 Å². The summed E-state index contributed by atoms with van der Waals surface area (Å²) in [5, 5.41) is 0. The van der Waals surface area contributed by atoms with Gasteiger partial charge in [0.05, 0.1) is 12.5 Å². The molecule has 0 saturated carbocycles. The van der Waals surface area contributed by atoms with E-state index in [0.717, 1.165) is 16.7 Å². The molecule has 0 aliphatic carbocycles. The number of methoxy groups -OCH3 is 1. The second kappa shape index (κ2) is 11.1. The van der Waals surface area contributed by atoms with E-state index in [1.54, 1.807) is 7.11 Å². The van der Waals surface area contributed by atoms with Crippen LogP contribution in [-0.4, -0.2) is 23.8 Å². The zero-order valence-corrected chi connectivity index (χ0v) is 19.6. The van der Waals surface area contributed by atoms with Gasteiger partial charge in [0, 0.05) is 19.0 Å². The largest absolute Gasteiger partial charge is 0.493 e. The first kappa shape index (κ1) is 23.7. The molecule has 0 N–H and O–H groups in total. The monoisotopic (exact) mass is 451 g/mol. The number of carbonyl (C=O) groups is 1. The van der Waals surface area contributed by atoms with Crippen LogP contribution in [0.25, 0.3) is 0 Å². The van der Waals surface area contributed by atoms with Crippen molar-refractivity contribution in [2.45, 2.75) is 33.5 Å². The summed E-state index contributed by atoms with van der Waals surface area (Å²) in [4.78, 5) is 15.1. The highest BCUT2D eigenvalue weighted by Crippen LogP contribution is 2.30. The number of nitrogens with zero attached hydrogens (tertiary/aromatic N) is 1. The molecule has 32 heavy (non-hydrogen) atoms. The van der Waals surface area contributed by atoms with E-state index >= 15 is 0 Å². The molecule has 168 valence electrons. The minimum atomic E-state index is -0.654. The van der Waals surface area contributed by atoms with Gasteiger partial charge in [0.25, 0.3) is 0 Å². The number of hydrogen-bond acceptors (Lipinski definition) is 3. The molecule has 1 amide bonds. The molecule has 0 fully saturated rings. The van der Waals surface area contributed by atoms with Crippen molar-refractivity contribution >= 4 is 17.5 Å². The van der Waals surface area contributed by atoms with Crippen LogP contribution in [0.2, 0.25) is 0 Å². The van der Waals surface area contributed by atoms with Crippen LogP contribution in [0.4, 0.5) is 0 Å². The molecule has 4 nitrogen and oxygen atoms in total. The summed E-state index contributed by atoms with van der Waals surface area (Å²) in [5.74, 6) is 1.58. The molecule has 0 radical (unpaired) electrons. The summed E-state index contributed by atoms with van der Waals surface area (Å²) < 4.78 is 11.5. The second-order valence-corrected chi connectivity index (χ2v) is 8.69. The highest BCUT2D eigenvalue weighted by molar-refractivity contribution is 6.19. The Hall–Kier alpha value is -2.98. The maximum atomic E-state index is 13.3. The van der Waals surface area contributed by atoms with E-state index in [-0.39, 0.29) is 11.8 Å². The Balaban J connectivity index is 1.79. The van der Waals surface area contributed by atoms with Crippen molar-refractivity contribution in [3.05, 3.63) is 95.6 Å². The zero-order chi connectivity index (χ0) is 23.0. The topological polar surface area (TPSA) is 38.8 Å². The van der Waals surface area contributed by atoms with Gasteiger partial charge in [0.2, 0.25) is 5.91 Å². The number of carbonyl (C=O) groups excluding carboxylic acids is 1. The van der Waals surface area contributed by atoms with Crippen LogP contribution in [0.3, 0.4) is 0 Å². The molecule has 0 heterocycles.